The molecule has 4 heterocycles. The number of hydrogen-bond donors (Lipinski definition) is 0. The Morgan fingerprint density at radius 2 is 1.90 bits per heavy atom. The summed E-state index contributed by atoms with van der Waals surface area (Å²) >= 11 is 6.63. The Labute approximate surface area is 172 Å². The van der Waals surface area contributed by atoms with Crippen molar-refractivity contribution >= 4 is 23.1 Å². The van der Waals surface area contributed by atoms with Gasteiger partial charge in [0.25, 0.3) is 0 Å². The molecule has 0 atom stereocenters. The number of aromatic nitrogens is 4. The Bertz CT molecular complexity index is 1040. The summed E-state index contributed by atoms with van der Waals surface area (Å²) in [5.74, 6) is 0.623. The zero-order chi connectivity index (χ0) is 20.0. The van der Waals surface area contributed by atoms with Gasteiger partial charge in [-0.1, -0.05) is 11.6 Å². The molecule has 2 aliphatic rings. The SMILES string of the molecule is Fc1cnc(N2CCN(Cc3ccn4c(CC5CC5)nnc4c3Cl)CC2)c(F)c1. The molecular formula is C20H21ClF2N6. The molecule has 6 nitrogen and oxygen atoms in total. The van der Waals surface area contributed by atoms with Crippen molar-refractivity contribution in [1.29, 1.82) is 0 Å². The Morgan fingerprint density at radius 1 is 1.10 bits per heavy atom. The van der Waals surface area contributed by atoms with Gasteiger partial charge in [0.05, 0.1) is 11.2 Å². The van der Waals surface area contributed by atoms with Gasteiger partial charge in [-0.2, -0.15) is 0 Å². The van der Waals surface area contributed by atoms with E-state index in [1.807, 2.05) is 21.6 Å². The fourth-order valence-corrected chi connectivity index (χ4v) is 4.10. The van der Waals surface area contributed by atoms with E-state index in [2.05, 4.69) is 20.1 Å². The van der Waals surface area contributed by atoms with E-state index in [9.17, 15) is 8.78 Å². The summed E-state index contributed by atoms with van der Waals surface area (Å²) in [5, 5.41) is 9.25. The van der Waals surface area contributed by atoms with Crippen LogP contribution in [0.25, 0.3) is 5.65 Å². The number of anilines is 1. The Kier molecular flexibility index (Phi) is 4.83. The van der Waals surface area contributed by atoms with Gasteiger partial charge in [0.1, 0.15) is 11.6 Å². The second kappa shape index (κ2) is 7.50. The molecule has 0 spiro atoms. The number of halogens is 3. The van der Waals surface area contributed by atoms with Gasteiger partial charge >= 0.3 is 0 Å². The molecule has 0 radical (unpaired) electrons. The van der Waals surface area contributed by atoms with Crippen molar-refractivity contribution in [2.24, 2.45) is 5.92 Å². The number of piperazine rings is 1. The molecule has 29 heavy (non-hydrogen) atoms. The monoisotopic (exact) mass is 418 g/mol. The quantitative estimate of drug-likeness (QED) is 0.636. The lowest BCUT2D eigenvalue weighted by Gasteiger charge is -2.35. The van der Waals surface area contributed by atoms with Crippen molar-refractivity contribution in [3.8, 4) is 0 Å². The predicted molar refractivity (Wildman–Crippen MR) is 106 cm³/mol. The second-order valence-corrected chi connectivity index (χ2v) is 8.21. The minimum Gasteiger partial charge on any atom is -0.352 e. The second-order valence-electron chi connectivity index (χ2n) is 7.83. The van der Waals surface area contributed by atoms with Crippen LogP contribution < -0.4 is 4.90 Å². The zero-order valence-electron chi connectivity index (χ0n) is 15.9. The third kappa shape index (κ3) is 3.79. The van der Waals surface area contributed by atoms with Crippen LogP contribution in [0.5, 0.6) is 0 Å². The molecule has 0 amide bonds. The van der Waals surface area contributed by atoms with E-state index in [1.165, 1.54) is 12.8 Å². The van der Waals surface area contributed by atoms with Crippen LogP contribution in [0.15, 0.2) is 24.5 Å². The van der Waals surface area contributed by atoms with Crippen molar-refractivity contribution in [3.63, 3.8) is 0 Å². The van der Waals surface area contributed by atoms with E-state index in [0.717, 1.165) is 49.1 Å². The first-order valence-electron chi connectivity index (χ1n) is 9.88. The maximum atomic E-state index is 14.0. The number of nitrogens with zero attached hydrogens (tertiary/aromatic N) is 6. The standard InChI is InChI=1S/C20H21ClF2N6/c21-18-14(3-4-29-17(9-13-1-2-13)25-26-20(18)29)12-27-5-7-28(8-6-27)19-16(23)10-15(22)11-24-19/h3-4,10-11,13H,1-2,5-9,12H2. The molecular weight excluding hydrogens is 398 g/mol. The lowest BCUT2D eigenvalue weighted by atomic mass is 10.2. The van der Waals surface area contributed by atoms with Crippen LogP contribution in [0.3, 0.4) is 0 Å². The predicted octanol–water partition coefficient (Wildman–Crippen LogP) is 3.33. The van der Waals surface area contributed by atoms with Crippen molar-refractivity contribution in [2.45, 2.75) is 25.8 Å². The van der Waals surface area contributed by atoms with E-state index in [0.29, 0.717) is 30.3 Å². The molecule has 1 aliphatic carbocycles. The van der Waals surface area contributed by atoms with Crippen LogP contribution in [-0.4, -0.2) is 50.7 Å². The van der Waals surface area contributed by atoms with E-state index < -0.39 is 11.6 Å². The van der Waals surface area contributed by atoms with E-state index in [-0.39, 0.29) is 5.82 Å². The first-order valence-corrected chi connectivity index (χ1v) is 10.3. The number of fused-ring (bicyclic) bond motifs is 1. The molecule has 3 aromatic rings. The van der Waals surface area contributed by atoms with Crippen LogP contribution in [0.2, 0.25) is 5.02 Å². The molecule has 2 fully saturated rings. The van der Waals surface area contributed by atoms with Crippen molar-refractivity contribution in [3.05, 3.63) is 52.6 Å². The molecule has 0 bridgehead atoms. The minimum absolute atomic E-state index is 0.206. The Morgan fingerprint density at radius 3 is 2.62 bits per heavy atom. The van der Waals surface area contributed by atoms with Crippen molar-refractivity contribution in [1.82, 2.24) is 24.5 Å². The highest BCUT2D eigenvalue weighted by atomic mass is 35.5. The van der Waals surface area contributed by atoms with Crippen LogP contribution >= 0.6 is 11.6 Å². The molecule has 9 heteroatoms. The largest absolute Gasteiger partial charge is 0.352 e. The van der Waals surface area contributed by atoms with Gasteiger partial charge in [-0.15, -0.1) is 10.2 Å². The van der Waals surface area contributed by atoms with Crippen molar-refractivity contribution in [2.75, 3.05) is 31.1 Å². The lowest BCUT2D eigenvalue weighted by molar-refractivity contribution is 0.248. The van der Waals surface area contributed by atoms with Crippen molar-refractivity contribution < 1.29 is 8.78 Å². The minimum atomic E-state index is -0.663. The van der Waals surface area contributed by atoms with Crippen LogP contribution in [0.1, 0.15) is 24.2 Å². The van der Waals surface area contributed by atoms with Gasteiger partial charge in [-0.3, -0.25) is 9.30 Å². The average molecular weight is 419 g/mol. The normalized spacial score (nSPS) is 18.0. The highest BCUT2D eigenvalue weighted by Crippen LogP contribution is 2.33. The highest BCUT2D eigenvalue weighted by molar-refractivity contribution is 6.34. The van der Waals surface area contributed by atoms with Gasteiger partial charge in [0.15, 0.2) is 17.3 Å². The highest BCUT2D eigenvalue weighted by Gasteiger charge is 2.25. The smallest absolute Gasteiger partial charge is 0.179 e. The average Bonchev–Trinajstić information content (AvgIpc) is 3.43. The third-order valence-electron chi connectivity index (χ3n) is 5.69. The molecule has 0 N–H and O–H groups in total. The molecule has 1 saturated carbocycles. The number of hydrogen-bond acceptors (Lipinski definition) is 5. The number of rotatable bonds is 5. The maximum Gasteiger partial charge on any atom is 0.179 e. The molecule has 5 rings (SSSR count). The first-order chi connectivity index (χ1) is 14.1. The molecule has 152 valence electrons. The molecule has 3 aromatic heterocycles. The summed E-state index contributed by atoms with van der Waals surface area (Å²) in [6, 6.07) is 2.91. The van der Waals surface area contributed by atoms with Crippen LogP contribution in [-0.2, 0) is 13.0 Å². The molecule has 0 unspecified atom stereocenters. The molecule has 1 aliphatic heterocycles. The summed E-state index contributed by atoms with van der Waals surface area (Å²) in [7, 11) is 0. The molecule has 1 saturated heterocycles. The van der Waals surface area contributed by atoms with Crippen LogP contribution in [0.4, 0.5) is 14.6 Å². The fraction of sp³-hybridized carbons (Fsp3) is 0.450. The summed E-state index contributed by atoms with van der Waals surface area (Å²) in [6.07, 6.45) is 6.54. The van der Waals surface area contributed by atoms with Gasteiger partial charge < -0.3 is 4.90 Å². The summed E-state index contributed by atoms with van der Waals surface area (Å²) in [6.45, 7) is 3.39. The Hall–Kier alpha value is -2.32. The third-order valence-corrected chi connectivity index (χ3v) is 6.10. The topological polar surface area (TPSA) is 49.6 Å². The number of pyridine rings is 2. The summed E-state index contributed by atoms with van der Waals surface area (Å²) in [4.78, 5) is 8.01. The van der Waals surface area contributed by atoms with Crippen LogP contribution in [0, 0.1) is 17.6 Å². The Balaban J connectivity index is 1.26. The van der Waals surface area contributed by atoms with E-state index in [1.54, 1.807) is 0 Å². The van der Waals surface area contributed by atoms with E-state index >= 15 is 0 Å². The van der Waals surface area contributed by atoms with E-state index in [4.69, 9.17) is 11.6 Å². The lowest BCUT2D eigenvalue weighted by Crippen LogP contribution is -2.46. The van der Waals surface area contributed by atoms with Gasteiger partial charge in [-0.05, 0) is 30.4 Å². The first kappa shape index (κ1) is 18.7. The van der Waals surface area contributed by atoms with Gasteiger partial charge in [-0.25, -0.2) is 13.8 Å². The summed E-state index contributed by atoms with van der Waals surface area (Å²) < 4.78 is 29.0. The zero-order valence-corrected chi connectivity index (χ0v) is 16.6. The van der Waals surface area contributed by atoms with Gasteiger partial charge in [0, 0.05) is 51.4 Å². The molecule has 0 aromatic carbocycles. The van der Waals surface area contributed by atoms with Gasteiger partial charge in [0.2, 0.25) is 0 Å². The fourth-order valence-electron chi connectivity index (χ4n) is 3.85. The maximum absolute atomic E-state index is 14.0. The summed E-state index contributed by atoms with van der Waals surface area (Å²) in [5.41, 5.74) is 1.71.